The van der Waals surface area contributed by atoms with Gasteiger partial charge in [0.05, 0.1) is 19.2 Å². The maximum atomic E-state index is 12.5. The lowest BCUT2D eigenvalue weighted by atomic mass is 10.00. The van der Waals surface area contributed by atoms with Crippen LogP contribution in [0, 0.1) is 0 Å². The first kappa shape index (κ1) is 17.4. The van der Waals surface area contributed by atoms with Crippen molar-refractivity contribution >= 4 is 23.6 Å². The normalized spacial score (nSPS) is 13.6. The number of nitrogens with zero attached hydrogens (tertiary/aromatic N) is 1. The van der Waals surface area contributed by atoms with Gasteiger partial charge in [0.2, 0.25) is 5.91 Å². The van der Waals surface area contributed by atoms with Gasteiger partial charge in [-0.05, 0) is 41.3 Å². The van der Waals surface area contributed by atoms with Gasteiger partial charge in [0, 0.05) is 19.2 Å². The van der Waals surface area contributed by atoms with Crippen molar-refractivity contribution in [1.82, 2.24) is 4.90 Å². The largest absolute Gasteiger partial charge is 0.493 e. The van der Waals surface area contributed by atoms with Crippen LogP contribution in [0.3, 0.4) is 0 Å². The number of ether oxygens (including phenoxy) is 2. The van der Waals surface area contributed by atoms with Crippen molar-refractivity contribution in [3.63, 3.8) is 0 Å². The molecule has 2 aromatic rings. The molecule has 3 rings (SSSR count). The predicted molar refractivity (Wildman–Crippen MR) is 99.2 cm³/mol. The van der Waals surface area contributed by atoms with Gasteiger partial charge in [-0.15, -0.1) is 0 Å². The van der Waals surface area contributed by atoms with Crippen molar-refractivity contribution in [1.29, 1.82) is 0 Å². The number of carbonyl (C=O) groups is 1. The van der Waals surface area contributed by atoms with E-state index in [1.807, 2.05) is 17.0 Å². The minimum absolute atomic E-state index is 0.0135. The molecule has 1 amide bonds. The molecule has 0 aliphatic carbocycles. The Labute approximate surface area is 152 Å². The lowest BCUT2D eigenvalue weighted by Gasteiger charge is -2.27. The molecule has 130 valence electrons. The van der Waals surface area contributed by atoms with Gasteiger partial charge in [-0.25, -0.2) is 0 Å². The minimum atomic E-state index is -0.0135. The van der Waals surface area contributed by atoms with E-state index in [-0.39, 0.29) is 5.91 Å². The summed E-state index contributed by atoms with van der Waals surface area (Å²) >= 11 is 6.20. The van der Waals surface area contributed by atoms with E-state index >= 15 is 0 Å². The van der Waals surface area contributed by atoms with Crippen LogP contribution in [0.1, 0.15) is 16.7 Å². The Hall–Kier alpha value is -2.46. The van der Waals surface area contributed by atoms with E-state index in [0.29, 0.717) is 23.1 Å². The van der Waals surface area contributed by atoms with Crippen LogP contribution in [0.15, 0.2) is 42.5 Å². The monoisotopic (exact) mass is 357 g/mol. The minimum Gasteiger partial charge on any atom is -0.493 e. The number of carbonyl (C=O) groups excluding carboxylic acids is 1. The highest BCUT2D eigenvalue weighted by Crippen LogP contribution is 2.36. The summed E-state index contributed by atoms with van der Waals surface area (Å²) < 4.78 is 10.5. The molecule has 0 unspecified atom stereocenters. The molecule has 0 aromatic heterocycles. The fourth-order valence-corrected chi connectivity index (χ4v) is 3.29. The fraction of sp³-hybridized carbons (Fsp3) is 0.250. The van der Waals surface area contributed by atoms with Crippen LogP contribution < -0.4 is 9.47 Å². The second-order valence-corrected chi connectivity index (χ2v) is 6.26. The van der Waals surface area contributed by atoms with Crippen molar-refractivity contribution in [3.8, 4) is 11.5 Å². The summed E-state index contributed by atoms with van der Waals surface area (Å²) in [5.41, 5.74) is 3.32. The molecule has 5 heteroatoms. The highest BCUT2D eigenvalue weighted by Gasteiger charge is 2.18. The molecule has 0 saturated heterocycles. The molecule has 25 heavy (non-hydrogen) atoms. The lowest BCUT2D eigenvalue weighted by Crippen LogP contribution is -2.34. The summed E-state index contributed by atoms with van der Waals surface area (Å²) in [7, 11) is 3.09. The predicted octanol–water partition coefficient (Wildman–Crippen LogP) is 3.96. The van der Waals surface area contributed by atoms with Crippen molar-refractivity contribution in [3.05, 3.63) is 64.2 Å². The zero-order valence-electron chi connectivity index (χ0n) is 14.3. The molecule has 0 fully saturated rings. The van der Waals surface area contributed by atoms with Crippen LogP contribution in [-0.4, -0.2) is 31.6 Å². The van der Waals surface area contributed by atoms with E-state index in [9.17, 15) is 4.79 Å². The van der Waals surface area contributed by atoms with Crippen LogP contribution in [0.25, 0.3) is 6.08 Å². The smallest absolute Gasteiger partial charge is 0.246 e. The summed E-state index contributed by atoms with van der Waals surface area (Å²) in [5, 5.41) is 0.445. The highest BCUT2D eigenvalue weighted by molar-refractivity contribution is 6.32. The third kappa shape index (κ3) is 3.80. The first-order chi connectivity index (χ1) is 12.1. The Kier molecular flexibility index (Phi) is 5.29. The molecule has 0 N–H and O–H groups in total. The molecule has 0 saturated carbocycles. The van der Waals surface area contributed by atoms with E-state index in [1.165, 1.54) is 18.2 Å². The van der Waals surface area contributed by atoms with Gasteiger partial charge in [0.15, 0.2) is 11.5 Å². The van der Waals surface area contributed by atoms with E-state index in [2.05, 4.69) is 12.1 Å². The number of fused-ring (bicyclic) bond motifs is 1. The zero-order valence-corrected chi connectivity index (χ0v) is 15.0. The fourth-order valence-electron chi connectivity index (χ4n) is 2.99. The average molecular weight is 358 g/mol. The topological polar surface area (TPSA) is 38.8 Å². The molecular weight excluding hydrogens is 338 g/mol. The van der Waals surface area contributed by atoms with Crippen LogP contribution >= 0.6 is 11.6 Å². The molecule has 0 radical (unpaired) electrons. The zero-order chi connectivity index (χ0) is 17.8. The molecule has 1 aliphatic rings. The average Bonchev–Trinajstić information content (AvgIpc) is 2.65. The van der Waals surface area contributed by atoms with Gasteiger partial charge in [-0.1, -0.05) is 35.9 Å². The Morgan fingerprint density at radius 1 is 1.16 bits per heavy atom. The van der Waals surface area contributed by atoms with E-state index < -0.39 is 0 Å². The maximum absolute atomic E-state index is 12.5. The van der Waals surface area contributed by atoms with Crippen molar-refractivity contribution < 1.29 is 14.3 Å². The molecular formula is C20H20ClNO3. The Balaban J connectivity index is 1.74. The van der Waals surface area contributed by atoms with Crippen LogP contribution in [0.2, 0.25) is 5.02 Å². The van der Waals surface area contributed by atoms with Gasteiger partial charge in [0.25, 0.3) is 0 Å². The summed E-state index contributed by atoms with van der Waals surface area (Å²) in [6, 6.07) is 11.8. The highest BCUT2D eigenvalue weighted by atomic mass is 35.5. The number of methoxy groups -OCH3 is 2. The standard InChI is InChI=1S/C20H20ClNO3/c1-24-18-12-14(11-17(21)20(18)25-2)7-8-19(23)22-10-9-15-5-3-4-6-16(15)13-22/h3-8,11-12H,9-10,13H2,1-2H3/b8-7+. The third-order valence-corrected chi connectivity index (χ3v) is 4.60. The number of amides is 1. The van der Waals surface area contributed by atoms with Crippen LogP contribution in [0.5, 0.6) is 11.5 Å². The molecule has 2 aromatic carbocycles. The Morgan fingerprint density at radius 2 is 1.92 bits per heavy atom. The van der Waals surface area contributed by atoms with Crippen molar-refractivity contribution in [2.75, 3.05) is 20.8 Å². The number of rotatable bonds is 4. The van der Waals surface area contributed by atoms with Crippen molar-refractivity contribution in [2.24, 2.45) is 0 Å². The van der Waals surface area contributed by atoms with E-state index in [1.54, 1.807) is 31.4 Å². The van der Waals surface area contributed by atoms with E-state index in [4.69, 9.17) is 21.1 Å². The second kappa shape index (κ2) is 7.62. The molecule has 0 spiro atoms. The molecule has 1 aliphatic heterocycles. The second-order valence-electron chi connectivity index (χ2n) is 5.85. The van der Waals surface area contributed by atoms with Gasteiger partial charge in [-0.2, -0.15) is 0 Å². The first-order valence-electron chi connectivity index (χ1n) is 8.07. The van der Waals surface area contributed by atoms with Crippen LogP contribution in [-0.2, 0) is 17.8 Å². The number of benzene rings is 2. The molecule has 4 nitrogen and oxygen atoms in total. The number of hydrogen-bond acceptors (Lipinski definition) is 3. The van der Waals surface area contributed by atoms with Crippen molar-refractivity contribution in [2.45, 2.75) is 13.0 Å². The lowest BCUT2D eigenvalue weighted by molar-refractivity contribution is -0.126. The number of halogens is 1. The quantitative estimate of drug-likeness (QED) is 0.777. The summed E-state index contributed by atoms with van der Waals surface area (Å²) in [5.74, 6) is 1.01. The summed E-state index contributed by atoms with van der Waals surface area (Å²) in [6.45, 7) is 1.37. The molecule has 0 bridgehead atoms. The Morgan fingerprint density at radius 3 is 2.64 bits per heavy atom. The number of hydrogen-bond donors (Lipinski definition) is 0. The summed E-state index contributed by atoms with van der Waals surface area (Å²) in [4.78, 5) is 14.3. The molecule has 1 heterocycles. The van der Waals surface area contributed by atoms with E-state index in [0.717, 1.165) is 18.5 Å². The SMILES string of the molecule is COc1cc(/C=C/C(=O)N2CCc3ccccc3C2)cc(Cl)c1OC. The van der Waals surface area contributed by atoms with Gasteiger partial charge < -0.3 is 14.4 Å². The third-order valence-electron chi connectivity index (χ3n) is 4.32. The van der Waals surface area contributed by atoms with Crippen LogP contribution in [0.4, 0.5) is 0 Å². The summed E-state index contributed by atoms with van der Waals surface area (Å²) in [6.07, 6.45) is 4.21. The van der Waals surface area contributed by atoms with Gasteiger partial charge >= 0.3 is 0 Å². The molecule has 0 atom stereocenters. The maximum Gasteiger partial charge on any atom is 0.246 e. The Bertz CT molecular complexity index is 817. The first-order valence-corrected chi connectivity index (χ1v) is 8.45. The van der Waals surface area contributed by atoms with Gasteiger partial charge in [0.1, 0.15) is 0 Å². The van der Waals surface area contributed by atoms with Gasteiger partial charge in [-0.3, -0.25) is 4.79 Å².